The maximum absolute atomic E-state index is 13.2. The Labute approximate surface area is 198 Å². The first-order valence-corrected chi connectivity index (χ1v) is 11.5. The van der Waals surface area contributed by atoms with E-state index in [0.717, 1.165) is 35.4 Å². The number of rotatable bonds is 6. The molecule has 176 valence electrons. The fourth-order valence-electron chi connectivity index (χ4n) is 4.82. The smallest absolute Gasteiger partial charge is 0.262 e. The van der Waals surface area contributed by atoms with Crippen LogP contribution >= 0.6 is 0 Å². The second-order valence-corrected chi connectivity index (χ2v) is 9.56. The van der Waals surface area contributed by atoms with Gasteiger partial charge >= 0.3 is 0 Å². The zero-order valence-corrected chi connectivity index (χ0v) is 20.4. The van der Waals surface area contributed by atoms with E-state index >= 15 is 0 Å². The van der Waals surface area contributed by atoms with Crippen molar-refractivity contribution in [2.24, 2.45) is 5.92 Å². The van der Waals surface area contributed by atoms with Crippen molar-refractivity contribution in [2.45, 2.75) is 40.3 Å². The summed E-state index contributed by atoms with van der Waals surface area (Å²) in [4.78, 5) is 39.5. The lowest BCUT2D eigenvalue weighted by Gasteiger charge is -2.26. The third-order valence-electron chi connectivity index (χ3n) is 6.73. The second-order valence-electron chi connectivity index (χ2n) is 9.56. The fraction of sp³-hybridized carbons (Fsp3) is 0.400. The van der Waals surface area contributed by atoms with E-state index in [-0.39, 0.29) is 17.7 Å². The van der Waals surface area contributed by atoms with Crippen LogP contribution in [0.15, 0.2) is 30.6 Å². The highest BCUT2D eigenvalue weighted by Gasteiger charge is 2.43. The summed E-state index contributed by atoms with van der Waals surface area (Å²) in [5.74, 6) is -0.237. The Morgan fingerprint density at radius 3 is 2.24 bits per heavy atom. The van der Waals surface area contributed by atoms with Crippen molar-refractivity contribution >= 4 is 28.5 Å². The van der Waals surface area contributed by atoms with Gasteiger partial charge in [-0.3, -0.25) is 14.5 Å². The molecule has 0 radical (unpaired) electrons. The van der Waals surface area contributed by atoms with Crippen LogP contribution in [0.3, 0.4) is 0 Å². The number of imide groups is 1. The minimum atomic E-state index is -0.584. The predicted octanol–water partition coefficient (Wildman–Crippen LogP) is 3.25. The SMILES string of the molecule is Cc1c(C)n(CCN(C)C)c2ncn3nc([C@@H](C(C)C)N4C(=O)c5ccccc5C4=O)nc3c12. The van der Waals surface area contributed by atoms with Crippen LogP contribution in [-0.2, 0) is 6.54 Å². The number of fused-ring (bicyclic) bond motifs is 4. The molecule has 0 saturated carbocycles. The van der Waals surface area contributed by atoms with Crippen molar-refractivity contribution in [3.05, 3.63) is 58.8 Å². The van der Waals surface area contributed by atoms with Gasteiger partial charge in [0.1, 0.15) is 18.0 Å². The standard InChI is InChI=1S/C25H29N7O2/c1-14(2)20(32-24(33)17-9-7-8-10-18(17)25(32)34)21-27-23-19-15(3)16(4)30(12-11-29(5)6)22(19)26-13-31(23)28-21/h7-10,13-14,20H,11-12H2,1-6H3/t20-/m1/s1. The Kier molecular flexibility index (Phi) is 5.24. The first-order chi connectivity index (χ1) is 16.2. The molecule has 0 unspecified atom stereocenters. The molecule has 4 aromatic rings. The van der Waals surface area contributed by atoms with Gasteiger partial charge in [-0.15, -0.1) is 5.10 Å². The second kappa shape index (κ2) is 8.02. The number of carbonyl (C=O) groups excluding carboxylic acids is 2. The van der Waals surface area contributed by atoms with Crippen LogP contribution in [0.5, 0.6) is 0 Å². The van der Waals surface area contributed by atoms with Gasteiger partial charge in [0.15, 0.2) is 11.5 Å². The summed E-state index contributed by atoms with van der Waals surface area (Å²) < 4.78 is 3.87. The Morgan fingerprint density at radius 2 is 1.65 bits per heavy atom. The molecule has 3 aromatic heterocycles. The van der Waals surface area contributed by atoms with Crippen molar-refractivity contribution < 1.29 is 9.59 Å². The summed E-state index contributed by atoms with van der Waals surface area (Å²) in [6.07, 6.45) is 1.67. The molecule has 34 heavy (non-hydrogen) atoms. The van der Waals surface area contributed by atoms with Crippen molar-refractivity contribution in [3.8, 4) is 0 Å². The maximum atomic E-state index is 13.2. The quantitative estimate of drug-likeness (QED) is 0.411. The number of benzene rings is 1. The fourth-order valence-corrected chi connectivity index (χ4v) is 4.82. The summed E-state index contributed by atoms with van der Waals surface area (Å²) in [5.41, 5.74) is 4.65. The van der Waals surface area contributed by atoms with Crippen LogP contribution in [0.1, 0.15) is 57.7 Å². The van der Waals surface area contributed by atoms with Crippen LogP contribution in [0.4, 0.5) is 0 Å². The number of amides is 2. The molecule has 1 aliphatic rings. The third kappa shape index (κ3) is 3.22. The maximum Gasteiger partial charge on any atom is 0.262 e. The molecule has 9 heteroatoms. The van der Waals surface area contributed by atoms with Crippen LogP contribution in [0.25, 0.3) is 16.7 Å². The molecule has 0 N–H and O–H groups in total. The van der Waals surface area contributed by atoms with Gasteiger partial charge < -0.3 is 9.47 Å². The Bertz CT molecular complexity index is 1410. The van der Waals surface area contributed by atoms with Crippen LogP contribution in [-0.4, -0.2) is 66.4 Å². The molecule has 0 bridgehead atoms. The van der Waals surface area contributed by atoms with Gasteiger partial charge in [0.25, 0.3) is 11.8 Å². The van der Waals surface area contributed by atoms with Gasteiger partial charge in [0, 0.05) is 18.8 Å². The van der Waals surface area contributed by atoms with Crippen LogP contribution in [0.2, 0.25) is 0 Å². The number of carbonyl (C=O) groups is 2. The topological polar surface area (TPSA) is 88.6 Å². The lowest BCUT2D eigenvalue weighted by Crippen LogP contribution is -2.37. The summed E-state index contributed by atoms with van der Waals surface area (Å²) in [6.45, 7) is 9.82. The summed E-state index contributed by atoms with van der Waals surface area (Å²) in [7, 11) is 4.10. The largest absolute Gasteiger partial charge is 0.328 e. The molecule has 5 rings (SSSR count). The first-order valence-electron chi connectivity index (χ1n) is 11.5. The van der Waals surface area contributed by atoms with E-state index in [2.05, 4.69) is 37.4 Å². The average Bonchev–Trinajstić information content (AvgIpc) is 3.40. The lowest BCUT2D eigenvalue weighted by molar-refractivity contribution is 0.0529. The van der Waals surface area contributed by atoms with Crippen molar-refractivity contribution in [1.82, 2.24) is 33.9 Å². The molecular weight excluding hydrogens is 430 g/mol. The minimum absolute atomic E-state index is 0.0735. The number of aryl methyl sites for hydroxylation is 1. The normalized spacial score (nSPS) is 14.9. The summed E-state index contributed by atoms with van der Waals surface area (Å²) in [5, 5.41) is 5.64. The number of hydrogen-bond acceptors (Lipinski definition) is 6. The molecular formula is C25H29N7O2. The van der Waals surface area contributed by atoms with E-state index in [1.165, 1.54) is 4.90 Å². The van der Waals surface area contributed by atoms with Gasteiger partial charge in [-0.25, -0.2) is 14.5 Å². The van der Waals surface area contributed by atoms with Gasteiger partial charge in [-0.1, -0.05) is 26.0 Å². The van der Waals surface area contributed by atoms with Gasteiger partial charge in [0.2, 0.25) is 0 Å². The number of aromatic nitrogens is 5. The van der Waals surface area contributed by atoms with E-state index in [0.29, 0.717) is 22.6 Å². The number of hydrogen-bond donors (Lipinski definition) is 0. The van der Waals surface area contributed by atoms with E-state index in [9.17, 15) is 9.59 Å². The van der Waals surface area contributed by atoms with E-state index in [1.807, 2.05) is 13.8 Å². The van der Waals surface area contributed by atoms with Gasteiger partial charge in [0.05, 0.1) is 16.5 Å². The minimum Gasteiger partial charge on any atom is -0.328 e. The molecule has 2 amide bonds. The molecule has 0 spiro atoms. The highest BCUT2D eigenvalue weighted by Crippen LogP contribution is 2.35. The van der Waals surface area contributed by atoms with Crippen molar-refractivity contribution in [1.29, 1.82) is 0 Å². The highest BCUT2D eigenvalue weighted by molar-refractivity contribution is 6.21. The van der Waals surface area contributed by atoms with Crippen LogP contribution < -0.4 is 0 Å². The molecule has 0 aliphatic carbocycles. The molecule has 9 nitrogen and oxygen atoms in total. The Hall–Kier alpha value is -3.59. The first kappa shape index (κ1) is 22.2. The zero-order chi connectivity index (χ0) is 24.3. The third-order valence-corrected chi connectivity index (χ3v) is 6.73. The molecule has 0 fully saturated rings. The van der Waals surface area contributed by atoms with Gasteiger partial charge in [-0.2, -0.15) is 0 Å². The molecule has 4 heterocycles. The number of likely N-dealkylation sites (N-methyl/N-ethyl adjacent to an activating group) is 1. The Morgan fingerprint density at radius 1 is 1.00 bits per heavy atom. The van der Waals surface area contributed by atoms with Crippen molar-refractivity contribution in [3.63, 3.8) is 0 Å². The van der Waals surface area contributed by atoms with Gasteiger partial charge in [-0.05, 0) is 51.6 Å². The molecule has 1 aliphatic heterocycles. The average molecular weight is 460 g/mol. The summed E-state index contributed by atoms with van der Waals surface area (Å²) in [6, 6.07) is 6.35. The molecule has 1 aromatic carbocycles. The Balaban J connectivity index is 1.64. The molecule has 0 saturated heterocycles. The molecule has 1 atom stereocenters. The lowest BCUT2D eigenvalue weighted by atomic mass is 10.0. The highest BCUT2D eigenvalue weighted by atomic mass is 16.2. The zero-order valence-electron chi connectivity index (χ0n) is 20.4. The van der Waals surface area contributed by atoms with E-state index in [1.54, 1.807) is 35.1 Å². The predicted molar refractivity (Wildman–Crippen MR) is 129 cm³/mol. The van der Waals surface area contributed by atoms with Crippen LogP contribution in [0, 0.1) is 19.8 Å². The van der Waals surface area contributed by atoms with E-state index in [4.69, 9.17) is 15.1 Å². The number of nitrogens with zero attached hydrogens (tertiary/aromatic N) is 7. The summed E-state index contributed by atoms with van der Waals surface area (Å²) >= 11 is 0. The monoisotopic (exact) mass is 459 g/mol. The van der Waals surface area contributed by atoms with E-state index < -0.39 is 6.04 Å². The van der Waals surface area contributed by atoms with Crippen molar-refractivity contribution in [2.75, 3.05) is 20.6 Å².